The van der Waals surface area contributed by atoms with Crippen LogP contribution in [0.1, 0.15) is 122 Å². The van der Waals surface area contributed by atoms with Crippen molar-refractivity contribution in [3.63, 3.8) is 0 Å². The van der Waals surface area contributed by atoms with Crippen LogP contribution >= 0.6 is 0 Å². The van der Waals surface area contributed by atoms with Crippen molar-refractivity contribution in [3.8, 4) is 0 Å². The van der Waals surface area contributed by atoms with Gasteiger partial charge in [0.05, 0.1) is 0 Å². The third kappa shape index (κ3) is 7.37. The van der Waals surface area contributed by atoms with E-state index in [0.717, 1.165) is 42.3 Å². The lowest BCUT2D eigenvalue weighted by Gasteiger charge is -2.39. The second kappa shape index (κ2) is 12.7. The van der Waals surface area contributed by atoms with E-state index in [9.17, 15) is 0 Å². The predicted octanol–water partition coefficient (Wildman–Crippen LogP) is 7.94. The lowest BCUT2D eigenvalue weighted by Crippen LogP contribution is -2.31. The lowest BCUT2D eigenvalue weighted by molar-refractivity contribution is 0.121. The third-order valence-electron chi connectivity index (χ3n) is 7.96. The second-order valence-corrected chi connectivity index (χ2v) is 10.2. The SMILES string of the molecule is CCCCCc1cnc(CC(C2CCCCC2)C2CCC(CCCC)CC2)nc1. The van der Waals surface area contributed by atoms with Crippen LogP contribution in [0, 0.1) is 23.7 Å². The Hall–Kier alpha value is -0.920. The van der Waals surface area contributed by atoms with Crippen LogP contribution in [0.25, 0.3) is 0 Å². The molecule has 0 aromatic carbocycles. The maximum atomic E-state index is 4.83. The molecular formula is C27H46N2. The summed E-state index contributed by atoms with van der Waals surface area (Å²) in [7, 11) is 0. The smallest absolute Gasteiger partial charge is 0.128 e. The number of hydrogen-bond acceptors (Lipinski definition) is 2. The Morgan fingerprint density at radius 3 is 2.10 bits per heavy atom. The fourth-order valence-corrected chi connectivity index (χ4v) is 6.08. The molecular weight excluding hydrogens is 352 g/mol. The summed E-state index contributed by atoms with van der Waals surface area (Å²) in [5.41, 5.74) is 1.33. The fourth-order valence-electron chi connectivity index (χ4n) is 6.08. The molecule has 1 unspecified atom stereocenters. The Kier molecular flexibility index (Phi) is 9.97. The summed E-state index contributed by atoms with van der Waals surface area (Å²) < 4.78 is 0. The first kappa shape index (κ1) is 22.8. The first-order valence-electron chi connectivity index (χ1n) is 13.1. The molecule has 0 spiro atoms. The molecule has 29 heavy (non-hydrogen) atoms. The van der Waals surface area contributed by atoms with E-state index < -0.39 is 0 Å². The standard InChI is InChI=1S/C27H46N2/c1-3-5-8-12-23-20-28-27(29-21-23)19-26(24-13-9-7-10-14-24)25-17-15-22(16-18-25)11-6-4-2/h20-22,24-26H,3-19H2,1-2H3. The van der Waals surface area contributed by atoms with Crippen molar-refractivity contribution >= 4 is 0 Å². The number of rotatable bonds is 11. The predicted molar refractivity (Wildman–Crippen MR) is 124 cm³/mol. The van der Waals surface area contributed by atoms with Gasteiger partial charge in [0, 0.05) is 18.8 Å². The molecule has 0 aliphatic heterocycles. The minimum Gasteiger partial charge on any atom is -0.241 e. The van der Waals surface area contributed by atoms with Crippen LogP contribution in [-0.2, 0) is 12.8 Å². The summed E-state index contributed by atoms with van der Waals surface area (Å²) in [6, 6.07) is 0. The summed E-state index contributed by atoms with van der Waals surface area (Å²) in [5.74, 6) is 4.80. The maximum Gasteiger partial charge on any atom is 0.128 e. The van der Waals surface area contributed by atoms with Crippen molar-refractivity contribution in [1.82, 2.24) is 9.97 Å². The number of unbranched alkanes of at least 4 members (excludes halogenated alkanes) is 3. The Balaban J connectivity index is 1.59. The molecule has 1 aromatic heterocycles. The Bertz CT molecular complexity index is 538. The van der Waals surface area contributed by atoms with Gasteiger partial charge in [-0.05, 0) is 54.9 Å². The average Bonchev–Trinajstić information content (AvgIpc) is 2.78. The van der Waals surface area contributed by atoms with Gasteiger partial charge < -0.3 is 0 Å². The fraction of sp³-hybridized carbons (Fsp3) is 0.852. The summed E-state index contributed by atoms with van der Waals surface area (Å²) >= 11 is 0. The zero-order valence-corrected chi connectivity index (χ0v) is 19.4. The minimum absolute atomic E-state index is 0.827. The molecule has 0 saturated heterocycles. The molecule has 2 nitrogen and oxygen atoms in total. The number of hydrogen-bond donors (Lipinski definition) is 0. The van der Waals surface area contributed by atoms with Gasteiger partial charge in [-0.1, -0.05) is 90.9 Å². The van der Waals surface area contributed by atoms with E-state index in [1.54, 1.807) is 0 Å². The monoisotopic (exact) mass is 398 g/mol. The molecule has 164 valence electrons. The summed E-state index contributed by atoms with van der Waals surface area (Å²) in [4.78, 5) is 9.66. The molecule has 2 aliphatic carbocycles. The molecule has 2 heteroatoms. The van der Waals surface area contributed by atoms with Crippen molar-refractivity contribution in [2.75, 3.05) is 0 Å². The van der Waals surface area contributed by atoms with Crippen molar-refractivity contribution in [1.29, 1.82) is 0 Å². The minimum atomic E-state index is 0.827. The molecule has 1 atom stereocenters. The first-order chi connectivity index (χ1) is 14.3. The van der Waals surface area contributed by atoms with Crippen LogP contribution in [0.5, 0.6) is 0 Å². The van der Waals surface area contributed by atoms with E-state index >= 15 is 0 Å². The number of aromatic nitrogens is 2. The Labute approximate surface area is 180 Å². The topological polar surface area (TPSA) is 25.8 Å². The highest BCUT2D eigenvalue weighted by atomic mass is 14.9. The van der Waals surface area contributed by atoms with E-state index in [2.05, 4.69) is 26.2 Å². The van der Waals surface area contributed by atoms with Gasteiger partial charge in [0.15, 0.2) is 0 Å². The highest BCUT2D eigenvalue weighted by Gasteiger charge is 2.33. The Morgan fingerprint density at radius 1 is 0.793 bits per heavy atom. The zero-order chi connectivity index (χ0) is 20.3. The van der Waals surface area contributed by atoms with Crippen LogP contribution in [0.4, 0.5) is 0 Å². The van der Waals surface area contributed by atoms with E-state index in [1.165, 1.54) is 102 Å². The first-order valence-corrected chi connectivity index (χ1v) is 13.1. The van der Waals surface area contributed by atoms with Crippen LogP contribution in [-0.4, -0.2) is 9.97 Å². The van der Waals surface area contributed by atoms with Crippen molar-refractivity contribution in [3.05, 3.63) is 23.8 Å². The van der Waals surface area contributed by atoms with E-state index in [4.69, 9.17) is 9.97 Å². The molecule has 2 fully saturated rings. The molecule has 2 aliphatic rings. The van der Waals surface area contributed by atoms with Crippen molar-refractivity contribution in [2.24, 2.45) is 23.7 Å². The molecule has 1 aromatic rings. The van der Waals surface area contributed by atoms with Crippen molar-refractivity contribution in [2.45, 2.75) is 123 Å². The van der Waals surface area contributed by atoms with Crippen LogP contribution in [0.15, 0.2) is 12.4 Å². The normalized spacial score (nSPS) is 24.5. The Morgan fingerprint density at radius 2 is 1.45 bits per heavy atom. The highest BCUT2D eigenvalue weighted by Crippen LogP contribution is 2.43. The summed E-state index contributed by atoms with van der Waals surface area (Å²) in [5, 5.41) is 0. The summed E-state index contributed by atoms with van der Waals surface area (Å²) in [6.07, 6.45) is 27.8. The lowest BCUT2D eigenvalue weighted by atomic mass is 9.66. The van der Waals surface area contributed by atoms with Gasteiger partial charge >= 0.3 is 0 Å². The van der Waals surface area contributed by atoms with Crippen molar-refractivity contribution < 1.29 is 0 Å². The van der Waals surface area contributed by atoms with Crippen LogP contribution < -0.4 is 0 Å². The molecule has 3 rings (SSSR count). The van der Waals surface area contributed by atoms with Crippen LogP contribution in [0.2, 0.25) is 0 Å². The second-order valence-electron chi connectivity index (χ2n) is 10.2. The van der Waals surface area contributed by atoms with Gasteiger partial charge in [-0.3, -0.25) is 0 Å². The van der Waals surface area contributed by atoms with Gasteiger partial charge in [-0.25, -0.2) is 9.97 Å². The molecule has 1 heterocycles. The number of nitrogens with zero attached hydrogens (tertiary/aromatic N) is 2. The van der Waals surface area contributed by atoms with Gasteiger partial charge in [-0.15, -0.1) is 0 Å². The third-order valence-corrected chi connectivity index (χ3v) is 7.96. The molecule has 0 radical (unpaired) electrons. The van der Waals surface area contributed by atoms with Gasteiger partial charge in [0.25, 0.3) is 0 Å². The highest BCUT2D eigenvalue weighted by molar-refractivity contribution is 5.06. The largest absolute Gasteiger partial charge is 0.241 e. The molecule has 0 bridgehead atoms. The van der Waals surface area contributed by atoms with E-state index in [1.807, 2.05) is 0 Å². The molecule has 0 N–H and O–H groups in total. The van der Waals surface area contributed by atoms with Crippen LogP contribution in [0.3, 0.4) is 0 Å². The van der Waals surface area contributed by atoms with E-state index in [-0.39, 0.29) is 0 Å². The quantitative estimate of drug-likeness (QED) is 0.353. The molecule has 2 saturated carbocycles. The van der Waals surface area contributed by atoms with E-state index in [0.29, 0.717) is 0 Å². The number of aryl methyl sites for hydroxylation is 1. The average molecular weight is 399 g/mol. The van der Waals surface area contributed by atoms with Gasteiger partial charge in [-0.2, -0.15) is 0 Å². The molecule has 0 amide bonds. The maximum absolute atomic E-state index is 4.83. The van der Waals surface area contributed by atoms with Gasteiger partial charge in [0.2, 0.25) is 0 Å². The van der Waals surface area contributed by atoms with Gasteiger partial charge in [0.1, 0.15) is 5.82 Å². The zero-order valence-electron chi connectivity index (χ0n) is 19.4. The summed E-state index contributed by atoms with van der Waals surface area (Å²) in [6.45, 7) is 4.60.